The zero-order valence-electron chi connectivity index (χ0n) is 6.96. The molecule has 0 bridgehead atoms. The van der Waals surface area contributed by atoms with Crippen molar-refractivity contribution in [2.24, 2.45) is 0 Å². The van der Waals surface area contributed by atoms with Gasteiger partial charge in [-0.15, -0.1) is 6.58 Å². The molecule has 0 saturated carbocycles. The molecule has 0 unspecified atom stereocenters. The van der Waals surface area contributed by atoms with Crippen LogP contribution >= 0.6 is 15.9 Å². The van der Waals surface area contributed by atoms with Crippen molar-refractivity contribution in [1.82, 2.24) is 0 Å². The first kappa shape index (κ1) is 9.99. The van der Waals surface area contributed by atoms with E-state index >= 15 is 0 Å². The van der Waals surface area contributed by atoms with E-state index in [1.165, 1.54) is 0 Å². The minimum Gasteiger partial charge on any atom is -0.478 e. The fourth-order valence-corrected chi connectivity index (χ4v) is 1.64. The Balaban J connectivity index is 3.24. The van der Waals surface area contributed by atoms with Gasteiger partial charge in [0.15, 0.2) is 0 Å². The average molecular weight is 241 g/mol. The van der Waals surface area contributed by atoms with Crippen molar-refractivity contribution in [2.75, 3.05) is 0 Å². The Hall–Kier alpha value is -1.09. The highest BCUT2D eigenvalue weighted by atomic mass is 79.9. The normalized spacial score (nSPS) is 9.62. The second-order valence-electron chi connectivity index (χ2n) is 2.56. The molecule has 1 N–H and O–H groups in total. The molecule has 0 heterocycles. The molecular formula is C10H9BrO2. The largest absolute Gasteiger partial charge is 0.478 e. The van der Waals surface area contributed by atoms with Crippen molar-refractivity contribution < 1.29 is 9.90 Å². The van der Waals surface area contributed by atoms with E-state index in [-0.39, 0.29) is 0 Å². The lowest BCUT2D eigenvalue weighted by Crippen LogP contribution is -2.02. The Bertz CT molecular complexity index is 345. The van der Waals surface area contributed by atoms with Gasteiger partial charge in [-0.2, -0.15) is 0 Å². The molecule has 0 aliphatic rings. The summed E-state index contributed by atoms with van der Waals surface area (Å²) in [4.78, 5) is 10.8. The zero-order chi connectivity index (χ0) is 9.84. The number of halogens is 1. The second kappa shape index (κ2) is 4.23. The topological polar surface area (TPSA) is 37.3 Å². The fraction of sp³-hybridized carbons (Fsp3) is 0.100. The second-order valence-corrected chi connectivity index (χ2v) is 3.42. The Morgan fingerprint density at radius 2 is 2.31 bits per heavy atom. The van der Waals surface area contributed by atoms with Crippen LogP contribution in [-0.2, 0) is 6.42 Å². The lowest BCUT2D eigenvalue weighted by atomic mass is 10.1. The van der Waals surface area contributed by atoms with E-state index in [1.807, 2.05) is 6.07 Å². The maximum Gasteiger partial charge on any atom is 0.336 e. The molecule has 1 rings (SSSR count). The molecule has 0 fully saturated rings. The summed E-state index contributed by atoms with van der Waals surface area (Å²) in [7, 11) is 0. The van der Waals surface area contributed by atoms with Crippen molar-refractivity contribution in [2.45, 2.75) is 6.42 Å². The first-order chi connectivity index (χ1) is 6.16. The lowest BCUT2D eigenvalue weighted by molar-refractivity contribution is 0.0696. The number of rotatable bonds is 3. The Morgan fingerprint density at radius 3 is 2.85 bits per heavy atom. The molecule has 0 spiro atoms. The molecular weight excluding hydrogens is 232 g/mol. The molecule has 0 atom stereocenters. The summed E-state index contributed by atoms with van der Waals surface area (Å²) >= 11 is 3.31. The van der Waals surface area contributed by atoms with Crippen LogP contribution in [0.15, 0.2) is 35.3 Å². The highest BCUT2D eigenvalue weighted by Gasteiger charge is 2.10. The highest BCUT2D eigenvalue weighted by Crippen LogP contribution is 2.21. The van der Waals surface area contributed by atoms with E-state index in [2.05, 4.69) is 22.5 Å². The number of carboxylic acids is 1. The number of benzene rings is 1. The Kier molecular flexibility index (Phi) is 3.25. The maximum absolute atomic E-state index is 10.8. The van der Waals surface area contributed by atoms with E-state index in [1.54, 1.807) is 18.2 Å². The van der Waals surface area contributed by atoms with Gasteiger partial charge in [-0.1, -0.05) is 28.1 Å². The Labute approximate surface area is 85.0 Å². The predicted octanol–water partition coefficient (Wildman–Crippen LogP) is 2.88. The number of hydrogen-bond acceptors (Lipinski definition) is 1. The van der Waals surface area contributed by atoms with E-state index in [0.717, 1.165) is 10.0 Å². The first-order valence-corrected chi connectivity index (χ1v) is 4.57. The number of aromatic carboxylic acids is 1. The quantitative estimate of drug-likeness (QED) is 0.826. The van der Waals surface area contributed by atoms with Gasteiger partial charge in [-0.3, -0.25) is 0 Å². The summed E-state index contributed by atoms with van der Waals surface area (Å²) in [6.07, 6.45) is 2.25. The molecule has 1 aromatic carbocycles. The fourth-order valence-electron chi connectivity index (χ4n) is 1.11. The SMILES string of the molecule is C=CCc1c(Br)cccc1C(=O)O. The van der Waals surface area contributed by atoms with Crippen LogP contribution in [0.5, 0.6) is 0 Å². The van der Waals surface area contributed by atoms with Gasteiger partial charge < -0.3 is 5.11 Å². The third-order valence-corrected chi connectivity index (χ3v) is 2.44. The molecule has 0 aromatic heterocycles. The predicted molar refractivity (Wildman–Crippen MR) is 55.0 cm³/mol. The van der Waals surface area contributed by atoms with Gasteiger partial charge in [0.25, 0.3) is 0 Å². The van der Waals surface area contributed by atoms with Crippen LogP contribution in [0.1, 0.15) is 15.9 Å². The van der Waals surface area contributed by atoms with E-state index in [4.69, 9.17) is 5.11 Å². The molecule has 0 saturated heterocycles. The number of carbonyl (C=O) groups is 1. The lowest BCUT2D eigenvalue weighted by Gasteiger charge is -2.05. The van der Waals surface area contributed by atoms with Gasteiger partial charge in [0, 0.05) is 4.47 Å². The van der Waals surface area contributed by atoms with Gasteiger partial charge in [0.2, 0.25) is 0 Å². The Morgan fingerprint density at radius 1 is 1.62 bits per heavy atom. The van der Waals surface area contributed by atoms with Crippen LogP contribution in [0.25, 0.3) is 0 Å². The van der Waals surface area contributed by atoms with E-state index in [0.29, 0.717) is 12.0 Å². The highest BCUT2D eigenvalue weighted by molar-refractivity contribution is 9.10. The third-order valence-electron chi connectivity index (χ3n) is 1.70. The third kappa shape index (κ3) is 2.18. The zero-order valence-corrected chi connectivity index (χ0v) is 8.54. The number of carboxylic acid groups (broad SMARTS) is 1. The summed E-state index contributed by atoms with van der Waals surface area (Å²) in [5.74, 6) is -0.904. The first-order valence-electron chi connectivity index (χ1n) is 3.78. The monoisotopic (exact) mass is 240 g/mol. The van der Waals surface area contributed by atoms with Crippen LogP contribution in [0.4, 0.5) is 0 Å². The van der Waals surface area contributed by atoms with Crippen molar-refractivity contribution in [1.29, 1.82) is 0 Å². The smallest absolute Gasteiger partial charge is 0.336 e. The average Bonchev–Trinajstić information content (AvgIpc) is 2.08. The van der Waals surface area contributed by atoms with Gasteiger partial charge >= 0.3 is 5.97 Å². The minimum absolute atomic E-state index is 0.328. The van der Waals surface area contributed by atoms with Crippen LogP contribution < -0.4 is 0 Å². The molecule has 0 aliphatic carbocycles. The standard InChI is InChI=1S/C10H9BrO2/c1-2-4-7-8(10(12)13)5-3-6-9(7)11/h2-3,5-6H,1,4H2,(H,12,13). The minimum atomic E-state index is -0.904. The molecule has 13 heavy (non-hydrogen) atoms. The van der Waals surface area contributed by atoms with Gasteiger partial charge in [-0.25, -0.2) is 4.79 Å². The van der Waals surface area contributed by atoms with E-state index in [9.17, 15) is 4.79 Å². The number of hydrogen-bond donors (Lipinski definition) is 1. The molecule has 0 radical (unpaired) electrons. The summed E-state index contributed by atoms with van der Waals surface area (Å²) in [5, 5.41) is 8.86. The van der Waals surface area contributed by atoms with Crippen LogP contribution in [0, 0.1) is 0 Å². The van der Waals surface area contributed by atoms with Gasteiger partial charge in [-0.05, 0) is 24.1 Å². The summed E-state index contributed by atoms with van der Waals surface area (Å²) < 4.78 is 0.812. The van der Waals surface area contributed by atoms with E-state index < -0.39 is 5.97 Å². The van der Waals surface area contributed by atoms with Gasteiger partial charge in [0.1, 0.15) is 0 Å². The van der Waals surface area contributed by atoms with Crippen molar-refractivity contribution in [3.05, 3.63) is 46.5 Å². The van der Waals surface area contributed by atoms with Crippen molar-refractivity contribution in [3.8, 4) is 0 Å². The van der Waals surface area contributed by atoms with Crippen LogP contribution in [0.2, 0.25) is 0 Å². The molecule has 2 nitrogen and oxygen atoms in total. The van der Waals surface area contributed by atoms with Crippen molar-refractivity contribution in [3.63, 3.8) is 0 Å². The molecule has 68 valence electrons. The summed E-state index contributed by atoms with van der Waals surface area (Å²) in [6.45, 7) is 3.58. The maximum atomic E-state index is 10.8. The van der Waals surface area contributed by atoms with Crippen LogP contribution in [0.3, 0.4) is 0 Å². The summed E-state index contributed by atoms with van der Waals surface area (Å²) in [6, 6.07) is 5.12. The van der Waals surface area contributed by atoms with Crippen molar-refractivity contribution >= 4 is 21.9 Å². The summed E-state index contributed by atoms with van der Waals surface area (Å²) in [5.41, 5.74) is 1.10. The molecule has 0 aliphatic heterocycles. The van der Waals surface area contributed by atoms with Gasteiger partial charge in [0.05, 0.1) is 5.56 Å². The molecule has 3 heteroatoms. The molecule has 1 aromatic rings. The van der Waals surface area contributed by atoms with Crippen LogP contribution in [-0.4, -0.2) is 11.1 Å². The molecule has 0 amide bonds. The number of allylic oxidation sites excluding steroid dienone is 1.